The van der Waals surface area contributed by atoms with Crippen molar-refractivity contribution in [3.63, 3.8) is 0 Å². The smallest absolute Gasteiger partial charge is 0.252 e. The monoisotopic (exact) mass is 596 g/mol. The molecule has 0 heterocycles. The average Bonchev–Trinajstić information content (AvgIpc) is 2.72. The number of hydrogen-bond donors (Lipinski definition) is 0. The quantitative estimate of drug-likeness (QED) is 0.387. The first-order valence-electron chi connectivity index (χ1n) is 10.2. The maximum atomic E-state index is 13.7. The highest BCUT2D eigenvalue weighted by Gasteiger charge is 2.47. The van der Waals surface area contributed by atoms with Crippen LogP contribution in [-0.2, 0) is 29.9 Å². The molecule has 0 N–H and O–H groups in total. The Morgan fingerprint density at radius 2 is 0.946 bits per heavy atom. The van der Waals surface area contributed by atoms with Crippen LogP contribution < -0.4 is 8.61 Å². The third-order valence-electron chi connectivity index (χ3n) is 4.97. The fourth-order valence-electron chi connectivity index (χ4n) is 3.08. The van der Waals surface area contributed by atoms with E-state index in [0.717, 1.165) is 12.1 Å². The Kier molecular flexibility index (Phi) is 8.86. The summed E-state index contributed by atoms with van der Waals surface area (Å²) in [4.78, 5) is 0. The zero-order valence-corrected chi connectivity index (χ0v) is 21.7. The summed E-state index contributed by atoms with van der Waals surface area (Å²) in [5.41, 5.74) is -11.1. The number of alkyl halides is 6. The molecular weight excluding hydrogens is 574 g/mol. The fourth-order valence-corrected chi connectivity index (χ4v) is 6.26. The number of rotatable bonds is 10. The van der Waals surface area contributed by atoms with E-state index >= 15 is 0 Å². The van der Waals surface area contributed by atoms with E-state index in [1.165, 1.54) is 50.2 Å². The van der Waals surface area contributed by atoms with Crippen LogP contribution in [0, 0.1) is 13.8 Å². The summed E-state index contributed by atoms with van der Waals surface area (Å²) >= 11 is 0. The number of hydrogen-bond acceptors (Lipinski definition) is 6. The van der Waals surface area contributed by atoms with Crippen molar-refractivity contribution in [2.24, 2.45) is 0 Å². The number of halogens is 6. The van der Waals surface area contributed by atoms with Gasteiger partial charge in [-0.1, -0.05) is 24.3 Å². The molecule has 0 amide bonds. The Bertz CT molecular complexity index is 1340. The zero-order valence-electron chi connectivity index (χ0n) is 19.3. The lowest BCUT2D eigenvalue weighted by atomic mass is 10.2. The Balaban J connectivity index is 2.66. The maximum Gasteiger partial charge on any atom is 0.497 e. The number of sulfone groups is 2. The standard InChI is InChI=1S/C20H22F6N2O6S3/c1-15-5-3-7-17(13-15)27(9-11-35(29,30)19(21,22)23)37(33,34)28(18-8-4-6-16(2)14-18)10-12-36(31,32)20(24,25)26/h3-8,13-14H,9-12H2,1-2H3. The lowest BCUT2D eigenvalue weighted by molar-refractivity contribution is -0.0440. The highest BCUT2D eigenvalue weighted by atomic mass is 32.2. The van der Waals surface area contributed by atoms with Gasteiger partial charge in [-0.3, -0.25) is 8.61 Å². The molecule has 0 spiro atoms. The van der Waals surface area contributed by atoms with Gasteiger partial charge < -0.3 is 0 Å². The van der Waals surface area contributed by atoms with Crippen LogP contribution >= 0.6 is 0 Å². The molecular formula is C20H22F6N2O6S3. The first kappa shape index (κ1) is 30.7. The fraction of sp³-hybridized carbons (Fsp3) is 0.400. The molecule has 37 heavy (non-hydrogen) atoms. The van der Waals surface area contributed by atoms with Gasteiger partial charge in [0.25, 0.3) is 0 Å². The van der Waals surface area contributed by atoms with Crippen molar-refractivity contribution in [2.75, 3.05) is 33.2 Å². The van der Waals surface area contributed by atoms with Crippen LogP contribution in [0.4, 0.5) is 37.7 Å². The van der Waals surface area contributed by atoms with Crippen molar-refractivity contribution in [3.8, 4) is 0 Å². The predicted octanol–water partition coefficient (Wildman–Crippen LogP) is 3.73. The molecule has 2 rings (SSSR count). The van der Waals surface area contributed by atoms with Gasteiger partial charge in [-0.05, 0) is 49.2 Å². The van der Waals surface area contributed by atoms with E-state index in [2.05, 4.69) is 0 Å². The Hall–Kier alpha value is -2.53. The molecule has 2 aromatic carbocycles. The summed E-state index contributed by atoms with van der Waals surface area (Å²) in [6.07, 6.45) is 0. The third kappa shape index (κ3) is 7.28. The molecule has 208 valence electrons. The Morgan fingerprint density at radius 1 is 0.622 bits per heavy atom. The van der Waals surface area contributed by atoms with E-state index < -0.39 is 65.5 Å². The highest BCUT2D eigenvalue weighted by molar-refractivity contribution is 7.95. The minimum Gasteiger partial charge on any atom is -0.252 e. The molecule has 2 aromatic rings. The van der Waals surface area contributed by atoms with Crippen LogP contribution in [0.3, 0.4) is 0 Å². The number of anilines is 2. The van der Waals surface area contributed by atoms with Crippen molar-refractivity contribution in [1.29, 1.82) is 0 Å². The van der Waals surface area contributed by atoms with Crippen molar-refractivity contribution in [1.82, 2.24) is 0 Å². The van der Waals surface area contributed by atoms with Crippen molar-refractivity contribution < 1.29 is 51.6 Å². The Morgan fingerprint density at radius 3 is 1.22 bits per heavy atom. The molecule has 17 heteroatoms. The van der Waals surface area contributed by atoms with Gasteiger partial charge in [-0.15, -0.1) is 0 Å². The van der Waals surface area contributed by atoms with Gasteiger partial charge in [0, 0.05) is 0 Å². The predicted molar refractivity (Wildman–Crippen MR) is 126 cm³/mol. The van der Waals surface area contributed by atoms with E-state index in [0.29, 0.717) is 11.1 Å². The summed E-state index contributed by atoms with van der Waals surface area (Å²) in [6, 6.07) is 10.4. The molecule has 0 aliphatic carbocycles. The maximum absolute atomic E-state index is 13.7. The molecule has 8 nitrogen and oxygen atoms in total. The molecule has 0 aliphatic rings. The van der Waals surface area contributed by atoms with E-state index in [1.54, 1.807) is 0 Å². The average molecular weight is 597 g/mol. The van der Waals surface area contributed by atoms with Crippen LogP contribution in [-0.4, -0.2) is 60.9 Å². The largest absolute Gasteiger partial charge is 0.497 e. The number of aryl methyl sites for hydroxylation is 2. The molecule has 0 atom stereocenters. The summed E-state index contributed by atoms with van der Waals surface area (Å²) in [5.74, 6) is -3.40. The van der Waals surface area contributed by atoms with Crippen LogP contribution in [0.1, 0.15) is 11.1 Å². The van der Waals surface area contributed by atoms with Crippen molar-refractivity contribution in [3.05, 3.63) is 59.7 Å². The van der Waals surface area contributed by atoms with Gasteiger partial charge in [-0.2, -0.15) is 34.8 Å². The summed E-state index contributed by atoms with van der Waals surface area (Å²) in [6.45, 7) is 0.494. The van der Waals surface area contributed by atoms with Gasteiger partial charge in [0.2, 0.25) is 19.7 Å². The minimum atomic E-state index is -5.79. The Labute approximate surface area is 210 Å². The van der Waals surface area contributed by atoms with E-state index in [4.69, 9.17) is 0 Å². The second-order valence-corrected chi connectivity index (χ2v) is 13.8. The topological polar surface area (TPSA) is 109 Å². The lowest BCUT2D eigenvalue weighted by Gasteiger charge is -2.33. The van der Waals surface area contributed by atoms with Gasteiger partial charge in [0.1, 0.15) is 0 Å². The van der Waals surface area contributed by atoms with Gasteiger partial charge in [0.15, 0.2) is 0 Å². The van der Waals surface area contributed by atoms with Crippen molar-refractivity contribution >= 4 is 41.3 Å². The highest BCUT2D eigenvalue weighted by Crippen LogP contribution is 2.30. The van der Waals surface area contributed by atoms with Gasteiger partial charge in [-0.25, -0.2) is 16.8 Å². The molecule has 0 saturated carbocycles. The first-order chi connectivity index (χ1) is 16.7. The van der Waals surface area contributed by atoms with Gasteiger partial charge >= 0.3 is 21.2 Å². The van der Waals surface area contributed by atoms with E-state index in [-0.39, 0.29) is 20.0 Å². The van der Waals surface area contributed by atoms with Crippen LogP contribution in [0.2, 0.25) is 0 Å². The van der Waals surface area contributed by atoms with E-state index in [1.807, 2.05) is 0 Å². The molecule has 0 radical (unpaired) electrons. The molecule has 0 unspecified atom stereocenters. The minimum absolute atomic E-state index is 0.284. The van der Waals surface area contributed by atoms with Crippen LogP contribution in [0.15, 0.2) is 48.5 Å². The first-order valence-corrected chi connectivity index (χ1v) is 14.9. The second-order valence-electron chi connectivity index (χ2n) is 7.86. The van der Waals surface area contributed by atoms with Gasteiger partial charge in [0.05, 0.1) is 36.0 Å². The van der Waals surface area contributed by atoms with E-state index in [9.17, 15) is 51.6 Å². The number of nitrogens with zero attached hydrogens (tertiary/aromatic N) is 2. The number of benzene rings is 2. The molecule has 0 bridgehead atoms. The van der Waals surface area contributed by atoms with Crippen LogP contribution in [0.25, 0.3) is 0 Å². The van der Waals surface area contributed by atoms with Crippen molar-refractivity contribution in [2.45, 2.75) is 24.9 Å². The summed E-state index contributed by atoms with van der Waals surface area (Å²) < 4.78 is 152. The van der Waals surface area contributed by atoms with Crippen LogP contribution in [0.5, 0.6) is 0 Å². The second kappa shape index (κ2) is 10.7. The third-order valence-corrected chi connectivity index (χ3v) is 9.72. The SMILES string of the molecule is Cc1cccc(N(CCS(=O)(=O)C(F)(F)F)S(=O)(=O)N(CCS(=O)(=O)C(F)(F)F)c2cccc(C)c2)c1. The molecule has 0 aliphatic heterocycles. The molecule has 0 aromatic heterocycles. The summed E-state index contributed by atoms with van der Waals surface area (Å²) in [7, 11) is -16.7. The summed E-state index contributed by atoms with van der Waals surface area (Å²) in [5, 5.41) is 0. The lowest BCUT2D eigenvalue weighted by Crippen LogP contribution is -2.48. The zero-order chi connectivity index (χ0) is 28.4. The molecule has 0 saturated heterocycles. The molecule has 0 fully saturated rings. The normalized spacial score (nSPS) is 13.4.